The van der Waals surface area contributed by atoms with Gasteiger partial charge in [0.2, 0.25) is 0 Å². The molecule has 0 aliphatic carbocycles. The third kappa shape index (κ3) is 4.53. The van der Waals surface area contributed by atoms with E-state index >= 15 is 0 Å². The zero-order chi connectivity index (χ0) is 11.2. The fourth-order valence-corrected chi connectivity index (χ4v) is 1.89. The Morgan fingerprint density at radius 2 is 2.12 bits per heavy atom. The van der Waals surface area contributed by atoms with Crippen LogP contribution in [0.5, 0.6) is 0 Å². The molecule has 2 N–H and O–H groups in total. The van der Waals surface area contributed by atoms with Crippen LogP contribution >= 0.6 is 24.0 Å². The molecule has 1 aromatic rings. The van der Waals surface area contributed by atoms with E-state index in [0.29, 0.717) is 6.04 Å². The van der Waals surface area contributed by atoms with Crippen LogP contribution in [0.4, 0.5) is 0 Å². The van der Waals surface area contributed by atoms with Gasteiger partial charge < -0.3 is 10.6 Å². The summed E-state index contributed by atoms with van der Waals surface area (Å²) in [4.78, 5) is 4.45. The highest BCUT2D eigenvalue weighted by molar-refractivity contribution is 14.0. The lowest BCUT2D eigenvalue weighted by Crippen LogP contribution is -2.38. The summed E-state index contributed by atoms with van der Waals surface area (Å²) in [6, 6.07) is 10.9. The van der Waals surface area contributed by atoms with Crippen LogP contribution in [0.1, 0.15) is 25.3 Å². The van der Waals surface area contributed by atoms with Crippen LogP contribution in [0.25, 0.3) is 0 Å². The van der Waals surface area contributed by atoms with Gasteiger partial charge in [0.1, 0.15) is 0 Å². The van der Waals surface area contributed by atoms with E-state index in [-0.39, 0.29) is 24.0 Å². The maximum absolute atomic E-state index is 4.45. The number of nitrogens with one attached hydrogen (secondary N) is 2. The van der Waals surface area contributed by atoms with Crippen LogP contribution < -0.4 is 10.6 Å². The number of guanidine groups is 1. The minimum absolute atomic E-state index is 0. The second-order valence-corrected chi connectivity index (χ2v) is 4.16. The Labute approximate surface area is 120 Å². The molecule has 0 fully saturated rings. The number of nitrogens with zero attached hydrogens (tertiary/aromatic N) is 1. The monoisotopic (exact) mass is 345 g/mol. The van der Waals surface area contributed by atoms with Crippen LogP contribution in [-0.4, -0.2) is 18.5 Å². The molecule has 17 heavy (non-hydrogen) atoms. The van der Waals surface area contributed by atoms with Crippen molar-refractivity contribution in [1.29, 1.82) is 0 Å². The van der Waals surface area contributed by atoms with Crippen LogP contribution in [0.2, 0.25) is 0 Å². The number of rotatable bonds is 4. The predicted octanol–water partition coefficient (Wildman–Crippen LogP) is 2.52. The van der Waals surface area contributed by atoms with Gasteiger partial charge in [-0.1, -0.05) is 43.7 Å². The summed E-state index contributed by atoms with van der Waals surface area (Å²) in [5.74, 6) is 0.947. The quantitative estimate of drug-likeness (QED) is 0.823. The minimum Gasteiger partial charge on any atom is -0.352 e. The maximum Gasteiger partial charge on any atom is 0.191 e. The minimum atomic E-state index is 0. The van der Waals surface area contributed by atoms with Crippen molar-refractivity contribution >= 4 is 29.9 Å². The molecule has 1 atom stereocenters. The number of aliphatic imine (C=N–C) groups is 1. The lowest BCUT2D eigenvalue weighted by atomic mass is 10.2. The molecule has 0 spiro atoms. The lowest BCUT2D eigenvalue weighted by Gasteiger charge is -2.11. The van der Waals surface area contributed by atoms with Crippen molar-refractivity contribution in [2.24, 2.45) is 4.99 Å². The number of benzene rings is 1. The summed E-state index contributed by atoms with van der Waals surface area (Å²) in [7, 11) is 0. The molecule has 3 nitrogen and oxygen atoms in total. The largest absolute Gasteiger partial charge is 0.352 e. The van der Waals surface area contributed by atoms with Gasteiger partial charge >= 0.3 is 0 Å². The topological polar surface area (TPSA) is 36.4 Å². The van der Waals surface area contributed by atoms with Crippen molar-refractivity contribution < 1.29 is 0 Å². The SMILES string of the molecule is CCCC1CN=C(NCc2ccccc2)N1.I. The van der Waals surface area contributed by atoms with Gasteiger partial charge in [0.25, 0.3) is 0 Å². The van der Waals surface area contributed by atoms with Crippen molar-refractivity contribution in [3.8, 4) is 0 Å². The molecule has 1 heterocycles. The molecule has 0 saturated carbocycles. The number of halogens is 1. The summed E-state index contributed by atoms with van der Waals surface area (Å²) in [5.41, 5.74) is 1.28. The Bertz CT molecular complexity index is 351. The van der Waals surface area contributed by atoms with E-state index in [1.54, 1.807) is 0 Å². The normalized spacial score (nSPS) is 17.9. The first-order valence-corrected chi connectivity index (χ1v) is 5.97. The Morgan fingerprint density at radius 3 is 2.82 bits per heavy atom. The summed E-state index contributed by atoms with van der Waals surface area (Å²) in [6.45, 7) is 3.95. The molecule has 1 aliphatic heterocycles. The molecule has 4 heteroatoms. The number of hydrogen-bond acceptors (Lipinski definition) is 3. The summed E-state index contributed by atoms with van der Waals surface area (Å²) in [6.07, 6.45) is 2.40. The van der Waals surface area contributed by atoms with Crippen molar-refractivity contribution in [3.05, 3.63) is 35.9 Å². The molecule has 94 valence electrons. The first kappa shape index (κ1) is 14.3. The van der Waals surface area contributed by atoms with Crippen LogP contribution in [-0.2, 0) is 6.54 Å². The smallest absolute Gasteiger partial charge is 0.191 e. The van der Waals surface area contributed by atoms with Gasteiger partial charge in [0.15, 0.2) is 5.96 Å². The molecule has 1 aliphatic rings. The van der Waals surface area contributed by atoms with Crippen LogP contribution in [0.15, 0.2) is 35.3 Å². The van der Waals surface area contributed by atoms with E-state index in [9.17, 15) is 0 Å². The molecular weight excluding hydrogens is 325 g/mol. The second kappa shape index (κ2) is 7.53. The Balaban J connectivity index is 0.00000144. The van der Waals surface area contributed by atoms with Crippen molar-refractivity contribution in [1.82, 2.24) is 10.6 Å². The molecule has 0 radical (unpaired) electrons. The highest BCUT2D eigenvalue weighted by atomic mass is 127. The van der Waals surface area contributed by atoms with Gasteiger partial charge in [-0.2, -0.15) is 0 Å². The van der Waals surface area contributed by atoms with E-state index in [2.05, 4.69) is 46.8 Å². The van der Waals surface area contributed by atoms with Gasteiger partial charge in [-0.3, -0.25) is 4.99 Å². The first-order chi connectivity index (χ1) is 7.88. The third-order valence-corrected chi connectivity index (χ3v) is 2.75. The van der Waals surface area contributed by atoms with E-state index in [0.717, 1.165) is 19.0 Å². The zero-order valence-electron chi connectivity index (χ0n) is 10.1. The van der Waals surface area contributed by atoms with Crippen molar-refractivity contribution in [3.63, 3.8) is 0 Å². The van der Waals surface area contributed by atoms with Gasteiger partial charge in [-0.25, -0.2) is 0 Å². The van der Waals surface area contributed by atoms with Gasteiger partial charge in [-0.05, 0) is 12.0 Å². The molecule has 0 aromatic heterocycles. The summed E-state index contributed by atoms with van der Waals surface area (Å²) in [5, 5.41) is 6.73. The highest BCUT2D eigenvalue weighted by Crippen LogP contribution is 2.03. The predicted molar refractivity (Wildman–Crippen MR) is 82.8 cm³/mol. The fourth-order valence-electron chi connectivity index (χ4n) is 1.89. The highest BCUT2D eigenvalue weighted by Gasteiger charge is 2.15. The van der Waals surface area contributed by atoms with E-state index in [1.165, 1.54) is 18.4 Å². The van der Waals surface area contributed by atoms with E-state index < -0.39 is 0 Å². The second-order valence-electron chi connectivity index (χ2n) is 4.16. The molecule has 2 rings (SSSR count). The van der Waals surface area contributed by atoms with E-state index in [1.807, 2.05) is 6.07 Å². The van der Waals surface area contributed by atoms with Crippen LogP contribution in [0, 0.1) is 0 Å². The average Bonchev–Trinajstić information content (AvgIpc) is 2.76. The average molecular weight is 345 g/mol. The third-order valence-electron chi connectivity index (χ3n) is 2.75. The fraction of sp³-hybridized carbons (Fsp3) is 0.462. The summed E-state index contributed by atoms with van der Waals surface area (Å²) >= 11 is 0. The lowest BCUT2D eigenvalue weighted by molar-refractivity contribution is 0.587. The first-order valence-electron chi connectivity index (χ1n) is 5.97. The van der Waals surface area contributed by atoms with Gasteiger partial charge in [0, 0.05) is 12.6 Å². The molecule has 0 bridgehead atoms. The zero-order valence-corrected chi connectivity index (χ0v) is 12.5. The van der Waals surface area contributed by atoms with Gasteiger partial charge in [0.05, 0.1) is 6.54 Å². The number of hydrogen-bond donors (Lipinski definition) is 2. The standard InChI is InChI=1S/C13H19N3.HI/c1-2-6-12-10-15-13(16-12)14-9-11-7-4-3-5-8-11;/h3-5,7-8,12H,2,6,9-10H2,1H3,(H2,14,15,16);1H. The molecule has 1 aromatic carbocycles. The Hall–Kier alpha value is -0.780. The molecule has 0 amide bonds. The van der Waals surface area contributed by atoms with Gasteiger partial charge in [-0.15, -0.1) is 24.0 Å². The van der Waals surface area contributed by atoms with E-state index in [4.69, 9.17) is 0 Å². The maximum atomic E-state index is 4.45. The molecule has 1 unspecified atom stereocenters. The van der Waals surface area contributed by atoms with Crippen LogP contribution in [0.3, 0.4) is 0 Å². The Kier molecular flexibility index (Phi) is 6.32. The Morgan fingerprint density at radius 1 is 1.35 bits per heavy atom. The summed E-state index contributed by atoms with van der Waals surface area (Å²) < 4.78 is 0. The molecular formula is C13H20IN3. The van der Waals surface area contributed by atoms with Crippen molar-refractivity contribution in [2.75, 3.05) is 6.54 Å². The van der Waals surface area contributed by atoms with Crippen molar-refractivity contribution in [2.45, 2.75) is 32.4 Å². The molecule has 0 saturated heterocycles.